The van der Waals surface area contributed by atoms with Crippen LogP contribution in [0.1, 0.15) is 19.4 Å². The van der Waals surface area contributed by atoms with E-state index in [4.69, 9.17) is 4.74 Å². The summed E-state index contributed by atoms with van der Waals surface area (Å²) in [5.41, 5.74) is 2.68. The number of ether oxygens (including phenoxy) is 1. The SMILES string of the molecule is COCCNCc1ccc(N2CCSC(C)(C)C2)cc1. The molecule has 0 bridgehead atoms. The third kappa shape index (κ3) is 4.69. The largest absolute Gasteiger partial charge is 0.383 e. The monoisotopic (exact) mass is 294 g/mol. The number of hydrogen-bond acceptors (Lipinski definition) is 4. The van der Waals surface area contributed by atoms with E-state index < -0.39 is 0 Å². The Morgan fingerprint density at radius 1 is 1.30 bits per heavy atom. The predicted molar refractivity (Wildman–Crippen MR) is 88.8 cm³/mol. The van der Waals surface area contributed by atoms with Crippen molar-refractivity contribution in [1.82, 2.24) is 5.32 Å². The molecule has 1 aromatic carbocycles. The second-order valence-electron chi connectivity index (χ2n) is 5.87. The van der Waals surface area contributed by atoms with Gasteiger partial charge in [0.15, 0.2) is 0 Å². The number of benzene rings is 1. The molecule has 3 nitrogen and oxygen atoms in total. The minimum absolute atomic E-state index is 0.360. The van der Waals surface area contributed by atoms with E-state index in [0.717, 1.165) is 32.8 Å². The molecule has 0 atom stereocenters. The summed E-state index contributed by atoms with van der Waals surface area (Å²) < 4.78 is 5.39. The van der Waals surface area contributed by atoms with Crippen molar-refractivity contribution in [3.05, 3.63) is 29.8 Å². The van der Waals surface area contributed by atoms with Crippen LogP contribution in [0.5, 0.6) is 0 Å². The lowest BCUT2D eigenvalue weighted by Gasteiger charge is -2.39. The molecular weight excluding hydrogens is 268 g/mol. The molecule has 1 saturated heterocycles. The van der Waals surface area contributed by atoms with Gasteiger partial charge in [-0.25, -0.2) is 0 Å². The summed E-state index contributed by atoms with van der Waals surface area (Å²) in [4.78, 5) is 2.50. The first kappa shape index (κ1) is 15.7. The number of rotatable bonds is 6. The second kappa shape index (κ2) is 7.34. The maximum Gasteiger partial charge on any atom is 0.0587 e. The standard InChI is InChI=1S/C16H26N2OS/c1-16(2)13-18(9-11-20-16)15-6-4-14(5-7-15)12-17-8-10-19-3/h4-7,17H,8-13H2,1-3H3. The zero-order chi connectivity index (χ0) is 14.4. The van der Waals surface area contributed by atoms with Gasteiger partial charge in [0, 0.05) is 49.5 Å². The van der Waals surface area contributed by atoms with Crippen molar-refractivity contribution in [2.75, 3.05) is 44.0 Å². The van der Waals surface area contributed by atoms with E-state index in [-0.39, 0.29) is 0 Å². The molecule has 20 heavy (non-hydrogen) atoms. The molecule has 0 aliphatic carbocycles. The number of nitrogens with zero attached hydrogens (tertiary/aromatic N) is 1. The zero-order valence-electron chi connectivity index (χ0n) is 12.8. The van der Waals surface area contributed by atoms with Crippen LogP contribution >= 0.6 is 11.8 Å². The van der Waals surface area contributed by atoms with Gasteiger partial charge < -0.3 is 15.0 Å². The molecule has 0 spiro atoms. The summed E-state index contributed by atoms with van der Waals surface area (Å²) in [6.45, 7) is 9.51. The summed E-state index contributed by atoms with van der Waals surface area (Å²) in [6, 6.07) is 8.95. The molecule has 0 aromatic heterocycles. The fourth-order valence-corrected chi connectivity index (χ4v) is 3.58. The molecule has 0 unspecified atom stereocenters. The van der Waals surface area contributed by atoms with E-state index in [0.29, 0.717) is 4.75 Å². The van der Waals surface area contributed by atoms with Crippen molar-refractivity contribution in [2.24, 2.45) is 0 Å². The normalized spacial score (nSPS) is 18.2. The summed E-state index contributed by atoms with van der Waals surface area (Å²) in [7, 11) is 1.73. The molecule has 0 saturated carbocycles. The summed E-state index contributed by atoms with van der Waals surface area (Å²) >= 11 is 2.07. The molecular formula is C16H26N2OS. The minimum Gasteiger partial charge on any atom is -0.383 e. The lowest BCUT2D eigenvalue weighted by Crippen LogP contribution is -2.43. The summed E-state index contributed by atoms with van der Waals surface area (Å²) in [6.07, 6.45) is 0. The molecule has 2 rings (SSSR count). The molecule has 1 aromatic rings. The van der Waals surface area contributed by atoms with Crippen LogP contribution in [0.3, 0.4) is 0 Å². The van der Waals surface area contributed by atoms with Gasteiger partial charge in [0.25, 0.3) is 0 Å². The van der Waals surface area contributed by atoms with Gasteiger partial charge in [0.05, 0.1) is 6.61 Å². The first-order valence-corrected chi connectivity index (χ1v) is 8.27. The van der Waals surface area contributed by atoms with Gasteiger partial charge in [0.1, 0.15) is 0 Å². The quantitative estimate of drug-likeness (QED) is 0.815. The predicted octanol–water partition coefficient (Wildman–Crippen LogP) is 2.75. The Balaban J connectivity index is 1.87. The number of hydrogen-bond donors (Lipinski definition) is 1. The highest BCUT2D eigenvalue weighted by Crippen LogP contribution is 2.32. The van der Waals surface area contributed by atoms with Crippen molar-refractivity contribution in [1.29, 1.82) is 0 Å². The van der Waals surface area contributed by atoms with Crippen LogP contribution in [0.2, 0.25) is 0 Å². The minimum atomic E-state index is 0.360. The van der Waals surface area contributed by atoms with Gasteiger partial charge in [-0.15, -0.1) is 0 Å². The fraction of sp³-hybridized carbons (Fsp3) is 0.625. The maximum absolute atomic E-state index is 5.03. The fourth-order valence-electron chi connectivity index (χ4n) is 2.47. The highest BCUT2D eigenvalue weighted by atomic mass is 32.2. The topological polar surface area (TPSA) is 24.5 Å². The van der Waals surface area contributed by atoms with Crippen LogP contribution in [-0.2, 0) is 11.3 Å². The van der Waals surface area contributed by atoms with Crippen LogP contribution in [0.25, 0.3) is 0 Å². The first-order valence-electron chi connectivity index (χ1n) is 7.28. The summed E-state index contributed by atoms with van der Waals surface area (Å²) in [5.74, 6) is 1.22. The second-order valence-corrected chi connectivity index (χ2v) is 7.67. The van der Waals surface area contributed by atoms with Crippen LogP contribution in [0.15, 0.2) is 24.3 Å². The number of thioether (sulfide) groups is 1. The van der Waals surface area contributed by atoms with Gasteiger partial charge in [-0.2, -0.15) is 11.8 Å². The van der Waals surface area contributed by atoms with E-state index in [2.05, 4.69) is 60.1 Å². The van der Waals surface area contributed by atoms with Gasteiger partial charge in [0.2, 0.25) is 0 Å². The van der Waals surface area contributed by atoms with Gasteiger partial charge in [-0.3, -0.25) is 0 Å². The van der Waals surface area contributed by atoms with E-state index in [9.17, 15) is 0 Å². The van der Waals surface area contributed by atoms with Crippen LogP contribution in [0.4, 0.5) is 5.69 Å². The van der Waals surface area contributed by atoms with Crippen molar-refractivity contribution in [3.8, 4) is 0 Å². The van der Waals surface area contributed by atoms with Crippen molar-refractivity contribution >= 4 is 17.4 Å². The molecule has 1 N–H and O–H groups in total. The van der Waals surface area contributed by atoms with Crippen LogP contribution in [0, 0.1) is 0 Å². The molecule has 0 amide bonds. The first-order chi connectivity index (χ1) is 9.61. The molecule has 1 aliphatic heterocycles. The number of methoxy groups -OCH3 is 1. The smallest absolute Gasteiger partial charge is 0.0587 e. The summed E-state index contributed by atoms with van der Waals surface area (Å²) in [5, 5.41) is 3.37. The molecule has 1 aliphatic rings. The van der Waals surface area contributed by atoms with Gasteiger partial charge in [-0.1, -0.05) is 12.1 Å². The Morgan fingerprint density at radius 3 is 2.70 bits per heavy atom. The third-order valence-corrected chi connectivity index (χ3v) is 4.84. The highest BCUT2D eigenvalue weighted by molar-refractivity contribution is 8.00. The molecule has 1 fully saturated rings. The lowest BCUT2D eigenvalue weighted by atomic mass is 10.1. The van der Waals surface area contributed by atoms with Gasteiger partial charge in [-0.05, 0) is 31.5 Å². The third-order valence-electron chi connectivity index (χ3n) is 3.54. The molecule has 4 heteroatoms. The van der Waals surface area contributed by atoms with Crippen molar-refractivity contribution < 1.29 is 4.74 Å². The molecule has 0 radical (unpaired) electrons. The molecule has 112 valence electrons. The van der Waals surface area contributed by atoms with E-state index >= 15 is 0 Å². The maximum atomic E-state index is 5.03. The number of anilines is 1. The highest BCUT2D eigenvalue weighted by Gasteiger charge is 2.26. The average molecular weight is 294 g/mol. The Labute approximate surface area is 127 Å². The van der Waals surface area contributed by atoms with E-state index in [1.165, 1.54) is 17.0 Å². The lowest BCUT2D eigenvalue weighted by molar-refractivity contribution is 0.199. The van der Waals surface area contributed by atoms with Crippen molar-refractivity contribution in [3.63, 3.8) is 0 Å². The van der Waals surface area contributed by atoms with Crippen molar-refractivity contribution in [2.45, 2.75) is 25.1 Å². The Kier molecular flexibility index (Phi) is 5.75. The Morgan fingerprint density at radius 2 is 2.05 bits per heavy atom. The molecule has 1 heterocycles. The van der Waals surface area contributed by atoms with E-state index in [1.54, 1.807) is 7.11 Å². The van der Waals surface area contributed by atoms with Gasteiger partial charge >= 0.3 is 0 Å². The zero-order valence-corrected chi connectivity index (χ0v) is 13.6. The Hall–Kier alpha value is -0.710. The number of nitrogens with one attached hydrogen (secondary N) is 1. The van der Waals surface area contributed by atoms with E-state index in [1.807, 2.05) is 0 Å². The Bertz CT molecular complexity index is 405. The average Bonchev–Trinajstić information content (AvgIpc) is 2.43. The van der Waals surface area contributed by atoms with Crippen LogP contribution < -0.4 is 10.2 Å². The van der Waals surface area contributed by atoms with Crippen LogP contribution in [-0.4, -0.2) is 43.9 Å².